The quantitative estimate of drug-likeness (QED) is 0.459. The number of nitrogens with zero attached hydrogens (tertiary/aromatic N) is 6. The van der Waals surface area contributed by atoms with Crippen molar-refractivity contribution in [2.45, 2.75) is 57.2 Å². The van der Waals surface area contributed by atoms with Crippen LogP contribution in [0.5, 0.6) is 6.01 Å². The monoisotopic (exact) mass is 537 g/mol. The van der Waals surface area contributed by atoms with Crippen molar-refractivity contribution in [1.82, 2.24) is 20.2 Å². The molecule has 0 radical (unpaired) electrons. The smallest absolute Gasteiger partial charge is 0.318 e. The van der Waals surface area contributed by atoms with E-state index in [1.54, 1.807) is 0 Å². The number of likely N-dealkylation sites (tertiary alicyclic amines) is 1. The van der Waals surface area contributed by atoms with Gasteiger partial charge in [-0.25, -0.2) is 0 Å². The predicted octanol–water partition coefficient (Wildman–Crippen LogP) is 4.14. The molecule has 0 spiro atoms. The van der Waals surface area contributed by atoms with Gasteiger partial charge in [0, 0.05) is 61.4 Å². The van der Waals surface area contributed by atoms with E-state index >= 15 is 0 Å². The van der Waals surface area contributed by atoms with Crippen molar-refractivity contribution in [3.63, 3.8) is 0 Å². The zero-order valence-corrected chi connectivity index (χ0v) is 23.3. The molecule has 1 aromatic heterocycles. The molecule has 3 aromatic rings. The summed E-state index contributed by atoms with van der Waals surface area (Å²) in [4.78, 5) is 17.5. The minimum absolute atomic E-state index is 0.152. The Morgan fingerprint density at radius 3 is 2.80 bits per heavy atom. The van der Waals surface area contributed by atoms with Gasteiger partial charge in [0.25, 0.3) is 0 Å². The summed E-state index contributed by atoms with van der Waals surface area (Å²) >= 11 is 0. The molecule has 7 rings (SSSR count). The summed E-state index contributed by atoms with van der Waals surface area (Å²) in [5.41, 5.74) is 3.55. The lowest BCUT2D eigenvalue weighted by molar-refractivity contribution is 0.160. The van der Waals surface area contributed by atoms with Crippen LogP contribution >= 0.6 is 0 Å². The van der Waals surface area contributed by atoms with Crippen LogP contribution in [0.4, 0.5) is 11.5 Å². The van der Waals surface area contributed by atoms with Gasteiger partial charge in [-0.15, -0.1) is 0 Å². The Hall–Kier alpha value is -3.41. The van der Waals surface area contributed by atoms with E-state index in [1.807, 2.05) is 0 Å². The molecule has 1 saturated carbocycles. The Kier molecular flexibility index (Phi) is 7.17. The van der Waals surface area contributed by atoms with E-state index in [-0.39, 0.29) is 6.04 Å². The zero-order valence-electron chi connectivity index (χ0n) is 23.3. The number of nitriles is 1. The first kappa shape index (κ1) is 25.6. The van der Waals surface area contributed by atoms with Crippen LogP contribution in [0.3, 0.4) is 0 Å². The molecular weight excluding hydrogens is 498 g/mol. The summed E-state index contributed by atoms with van der Waals surface area (Å²) in [7, 11) is 0. The van der Waals surface area contributed by atoms with E-state index in [0.29, 0.717) is 25.1 Å². The number of anilines is 2. The van der Waals surface area contributed by atoms with Gasteiger partial charge in [0.1, 0.15) is 12.4 Å². The zero-order chi connectivity index (χ0) is 26.9. The highest BCUT2D eigenvalue weighted by molar-refractivity contribution is 5.94. The number of hydrogen-bond acceptors (Lipinski definition) is 8. The number of benzene rings is 2. The standard InChI is InChI=1S/C32H39N7O/c33-14-12-25-20-39(18-15-34-25)31-28-13-17-38(30-9-3-6-24-5-1-2-8-27(24)30)21-29(28)35-32(36-31)40-22-26-7-4-16-37(26)19-23-10-11-23/h1-3,5-6,8-9,23,25-26,34H,4,7,10-13,15-22H2/t25-,26-/m0/s1. The van der Waals surface area contributed by atoms with Crippen LogP contribution in [-0.2, 0) is 13.0 Å². The van der Waals surface area contributed by atoms with Gasteiger partial charge in [-0.1, -0.05) is 36.4 Å². The second kappa shape index (κ2) is 11.2. The topological polar surface area (TPSA) is 80.5 Å². The van der Waals surface area contributed by atoms with E-state index in [4.69, 9.17) is 14.7 Å². The van der Waals surface area contributed by atoms with Crippen LogP contribution in [0, 0.1) is 17.2 Å². The maximum Gasteiger partial charge on any atom is 0.318 e. The summed E-state index contributed by atoms with van der Waals surface area (Å²) in [6, 6.07) is 18.6. The number of piperazine rings is 1. The highest BCUT2D eigenvalue weighted by Gasteiger charge is 2.33. The minimum atomic E-state index is 0.152. The molecule has 3 aliphatic heterocycles. The molecule has 1 aliphatic carbocycles. The van der Waals surface area contributed by atoms with Crippen molar-refractivity contribution in [2.24, 2.45) is 5.92 Å². The lowest BCUT2D eigenvalue weighted by Crippen LogP contribution is -2.51. The summed E-state index contributed by atoms with van der Waals surface area (Å²) in [6.07, 6.45) is 6.59. The largest absolute Gasteiger partial charge is 0.462 e. The van der Waals surface area contributed by atoms with E-state index in [0.717, 1.165) is 56.6 Å². The number of nitrogens with one attached hydrogen (secondary N) is 1. The van der Waals surface area contributed by atoms with Crippen molar-refractivity contribution < 1.29 is 4.74 Å². The molecule has 40 heavy (non-hydrogen) atoms. The highest BCUT2D eigenvalue weighted by Crippen LogP contribution is 2.35. The maximum atomic E-state index is 9.31. The second-order valence-electron chi connectivity index (χ2n) is 11.9. The molecule has 208 valence electrons. The summed E-state index contributed by atoms with van der Waals surface area (Å²) in [5, 5.41) is 15.3. The molecule has 8 nitrogen and oxygen atoms in total. The van der Waals surface area contributed by atoms with E-state index < -0.39 is 0 Å². The first-order valence-electron chi connectivity index (χ1n) is 15.1. The van der Waals surface area contributed by atoms with Crippen LogP contribution in [0.1, 0.15) is 43.4 Å². The number of ether oxygens (including phenoxy) is 1. The Bertz CT molecular complexity index is 1390. The van der Waals surface area contributed by atoms with Crippen molar-refractivity contribution in [3.05, 3.63) is 53.7 Å². The van der Waals surface area contributed by atoms with Crippen molar-refractivity contribution in [3.8, 4) is 12.1 Å². The Morgan fingerprint density at radius 1 is 1.00 bits per heavy atom. The average molecular weight is 538 g/mol. The summed E-state index contributed by atoms with van der Waals surface area (Å²) < 4.78 is 6.43. The lowest BCUT2D eigenvalue weighted by atomic mass is 10.0. The van der Waals surface area contributed by atoms with Crippen molar-refractivity contribution in [1.29, 1.82) is 5.26 Å². The SMILES string of the molecule is N#CC[C@H]1CN(c2nc(OC[C@@H]3CCCN3CC3CC3)nc3c2CCN(c2cccc4ccccc24)C3)CCN1. The Labute approximate surface area is 236 Å². The van der Waals surface area contributed by atoms with Crippen LogP contribution in [0.2, 0.25) is 0 Å². The summed E-state index contributed by atoms with van der Waals surface area (Å²) in [6.45, 7) is 7.20. The molecule has 1 N–H and O–H groups in total. The minimum Gasteiger partial charge on any atom is -0.462 e. The molecule has 0 amide bonds. The lowest BCUT2D eigenvalue weighted by Gasteiger charge is -2.37. The average Bonchev–Trinajstić information content (AvgIpc) is 3.71. The van der Waals surface area contributed by atoms with Gasteiger partial charge in [-0.2, -0.15) is 15.2 Å². The molecule has 0 bridgehead atoms. The van der Waals surface area contributed by atoms with Crippen LogP contribution in [0.25, 0.3) is 10.8 Å². The van der Waals surface area contributed by atoms with E-state index in [2.05, 4.69) is 68.6 Å². The fourth-order valence-electron chi connectivity index (χ4n) is 6.80. The first-order valence-corrected chi connectivity index (χ1v) is 15.1. The van der Waals surface area contributed by atoms with E-state index in [9.17, 15) is 5.26 Å². The third-order valence-corrected chi connectivity index (χ3v) is 9.12. The number of aromatic nitrogens is 2. The van der Waals surface area contributed by atoms with Gasteiger partial charge >= 0.3 is 6.01 Å². The normalized spacial score (nSPS) is 23.3. The van der Waals surface area contributed by atoms with Crippen LogP contribution in [-0.4, -0.2) is 72.8 Å². The third kappa shape index (κ3) is 5.33. The number of hydrogen-bond donors (Lipinski definition) is 1. The second-order valence-corrected chi connectivity index (χ2v) is 11.9. The van der Waals surface area contributed by atoms with Crippen LogP contribution < -0.4 is 19.9 Å². The molecular formula is C32H39N7O. The highest BCUT2D eigenvalue weighted by atomic mass is 16.5. The molecule has 4 heterocycles. The number of rotatable bonds is 8. The van der Waals surface area contributed by atoms with Crippen molar-refractivity contribution >= 4 is 22.3 Å². The molecule has 2 saturated heterocycles. The Morgan fingerprint density at radius 2 is 1.90 bits per heavy atom. The molecule has 2 atom stereocenters. The Balaban J connectivity index is 1.17. The van der Waals surface area contributed by atoms with Gasteiger partial charge in [0.15, 0.2) is 0 Å². The van der Waals surface area contributed by atoms with E-state index in [1.165, 1.54) is 60.8 Å². The molecule has 8 heteroatoms. The predicted molar refractivity (Wildman–Crippen MR) is 158 cm³/mol. The van der Waals surface area contributed by atoms with Gasteiger partial charge in [0.05, 0.1) is 24.7 Å². The fourth-order valence-corrected chi connectivity index (χ4v) is 6.80. The molecule has 4 aliphatic rings. The summed E-state index contributed by atoms with van der Waals surface area (Å²) in [5.74, 6) is 1.89. The molecule has 3 fully saturated rings. The van der Waals surface area contributed by atoms with Gasteiger partial charge < -0.3 is 19.9 Å². The van der Waals surface area contributed by atoms with Gasteiger partial charge in [-0.3, -0.25) is 4.90 Å². The maximum absolute atomic E-state index is 9.31. The van der Waals surface area contributed by atoms with Crippen LogP contribution in [0.15, 0.2) is 42.5 Å². The van der Waals surface area contributed by atoms with Gasteiger partial charge in [0.2, 0.25) is 0 Å². The van der Waals surface area contributed by atoms with Gasteiger partial charge in [-0.05, 0) is 56.0 Å². The first-order chi connectivity index (χ1) is 19.7. The molecule has 0 unspecified atom stereocenters. The molecule has 2 aromatic carbocycles. The van der Waals surface area contributed by atoms with Crippen molar-refractivity contribution in [2.75, 3.05) is 55.7 Å². The number of fused-ring (bicyclic) bond motifs is 2. The fraction of sp³-hybridized carbons (Fsp3) is 0.531. The third-order valence-electron chi connectivity index (χ3n) is 9.12.